The van der Waals surface area contributed by atoms with E-state index in [2.05, 4.69) is 15.2 Å². The summed E-state index contributed by atoms with van der Waals surface area (Å²) in [6, 6.07) is 13.3. The van der Waals surface area contributed by atoms with Crippen molar-refractivity contribution >= 4 is 39.3 Å². The van der Waals surface area contributed by atoms with E-state index in [0.29, 0.717) is 22.6 Å². The van der Waals surface area contributed by atoms with Crippen LogP contribution in [0.5, 0.6) is 0 Å². The Kier molecular flexibility index (Phi) is 4.97. The van der Waals surface area contributed by atoms with Gasteiger partial charge in [-0.1, -0.05) is 29.8 Å². The van der Waals surface area contributed by atoms with E-state index in [1.165, 1.54) is 0 Å². The fourth-order valence-electron chi connectivity index (χ4n) is 2.70. The van der Waals surface area contributed by atoms with Crippen LogP contribution < -0.4 is 5.32 Å². The summed E-state index contributed by atoms with van der Waals surface area (Å²) in [6.45, 7) is 1.57. The third-order valence-electron chi connectivity index (χ3n) is 3.95. The van der Waals surface area contributed by atoms with Gasteiger partial charge < -0.3 is 10.2 Å². The number of para-hydroxylation sites is 1. The summed E-state index contributed by atoms with van der Waals surface area (Å²) >= 11 is 6.32. The van der Waals surface area contributed by atoms with Crippen molar-refractivity contribution in [2.75, 3.05) is 27.2 Å². The van der Waals surface area contributed by atoms with Crippen molar-refractivity contribution in [3.05, 3.63) is 53.1 Å². The number of amides is 1. The van der Waals surface area contributed by atoms with E-state index < -0.39 is 0 Å². The van der Waals surface area contributed by atoms with Crippen molar-refractivity contribution in [3.8, 4) is 0 Å². The molecule has 0 spiro atoms. The summed E-state index contributed by atoms with van der Waals surface area (Å²) in [7, 11) is 4.03. The largest absolute Gasteiger partial charge is 0.352 e. The maximum absolute atomic E-state index is 12.5. The molecule has 24 heavy (non-hydrogen) atoms. The first-order chi connectivity index (χ1) is 11.6. The Hall–Kier alpha value is -2.17. The summed E-state index contributed by atoms with van der Waals surface area (Å²) in [5.41, 5.74) is 2.06. The Labute approximate surface area is 146 Å². The Balaban J connectivity index is 1.94. The molecule has 0 saturated heterocycles. The number of rotatable bonds is 5. The molecule has 3 rings (SSSR count). The minimum atomic E-state index is -0.113. The molecule has 3 aromatic rings. The SMILES string of the molecule is CN(C)CCCNC(=O)c1ccc(Cl)c2cc3ccccc3nc12. The maximum Gasteiger partial charge on any atom is 0.253 e. The lowest BCUT2D eigenvalue weighted by atomic mass is 10.1. The van der Waals surface area contributed by atoms with E-state index in [-0.39, 0.29) is 5.91 Å². The molecule has 0 unspecified atom stereocenters. The minimum Gasteiger partial charge on any atom is -0.352 e. The molecule has 0 aliphatic heterocycles. The van der Waals surface area contributed by atoms with Gasteiger partial charge in [-0.3, -0.25) is 4.79 Å². The van der Waals surface area contributed by atoms with Crippen LogP contribution in [0.15, 0.2) is 42.5 Å². The van der Waals surface area contributed by atoms with Crippen LogP contribution in [0.2, 0.25) is 5.02 Å². The summed E-state index contributed by atoms with van der Waals surface area (Å²) in [5, 5.41) is 5.38. The molecular formula is C19H20ClN3O. The lowest BCUT2D eigenvalue weighted by Crippen LogP contribution is -2.27. The number of hydrogen-bond donors (Lipinski definition) is 1. The summed E-state index contributed by atoms with van der Waals surface area (Å²) in [5.74, 6) is -0.113. The van der Waals surface area contributed by atoms with E-state index >= 15 is 0 Å². The van der Waals surface area contributed by atoms with Crippen LogP contribution in [0.4, 0.5) is 0 Å². The number of carbonyl (C=O) groups is 1. The second-order valence-corrected chi connectivity index (χ2v) is 6.49. The number of aromatic nitrogens is 1. The normalized spacial score (nSPS) is 11.3. The van der Waals surface area contributed by atoms with E-state index in [1.54, 1.807) is 12.1 Å². The number of pyridine rings is 1. The molecule has 1 aromatic heterocycles. The second kappa shape index (κ2) is 7.16. The van der Waals surface area contributed by atoms with Crippen LogP contribution in [-0.4, -0.2) is 43.0 Å². The van der Waals surface area contributed by atoms with Crippen molar-refractivity contribution in [2.24, 2.45) is 0 Å². The van der Waals surface area contributed by atoms with Gasteiger partial charge in [-0.2, -0.15) is 0 Å². The van der Waals surface area contributed by atoms with Gasteiger partial charge in [0.2, 0.25) is 0 Å². The lowest BCUT2D eigenvalue weighted by molar-refractivity contribution is 0.0954. The number of hydrogen-bond acceptors (Lipinski definition) is 3. The number of halogens is 1. The highest BCUT2D eigenvalue weighted by molar-refractivity contribution is 6.36. The molecule has 0 fully saturated rings. The van der Waals surface area contributed by atoms with Gasteiger partial charge in [0, 0.05) is 17.3 Å². The Morgan fingerprint density at radius 2 is 2.00 bits per heavy atom. The molecule has 0 aliphatic carbocycles. The van der Waals surface area contributed by atoms with Crippen molar-refractivity contribution in [1.82, 2.24) is 15.2 Å². The second-order valence-electron chi connectivity index (χ2n) is 6.08. The third kappa shape index (κ3) is 3.50. The molecule has 124 valence electrons. The van der Waals surface area contributed by atoms with Gasteiger partial charge in [0.1, 0.15) is 0 Å². The molecule has 0 radical (unpaired) electrons. The number of carbonyl (C=O) groups excluding carboxylic acids is 1. The molecule has 0 bridgehead atoms. The quantitative estimate of drug-likeness (QED) is 0.568. The molecule has 4 nitrogen and oxygen atoms in total. The van der Waals surface area contributed by atoms with Gasteiger partial charge in [0.25, 0.3) is 5.91 Å². The van der Waals surface area contributed by atoms with E-state index in [1.807, 2.05) is 44.4 Å². The van der Waals surface area contributed by atoms with Crippen LogP contribution in [0, 0.1) is 0 Å². The highest BCUT2D eigenvalue weighted by Crippen LogP contribution is 2.28. The van der Waals surface area contributed by atoms with Gasteiger partial charge >= 0.3 is 0 Å². The molecule has 5 heteroatoms. The van der Waals surface area contributed by atoms with Crippen LogP contribution in [0.25, 0.3) is 21.8 Å². The van der Waals surface area contributed by atoms with Gasteiger partial charge in [-0.25, -0.2) is 4.98 Å². The zero-order valence-electron chi connectivity index (χ0n) is 13.8. The lowest BCUT2D eigenvalue weighted by Gasteiger charge is -2.11. The Bertz CT molecular complexity index is 892. The fraction of sp³-hybridized carbons (Fsp3) is 0.263. The van der Waals surface area contributed by atoms with Gasteiger partial charge in [-0.15, -0.1) is 0 Å². The summed E-state index contributed by atoms with van der Waals surface area (Å²) in [4.78, 5) is 19.3. The first kappa shape index (κ1) is 16.7. The van der Waals surface area contributed by atoms with Crippen molar-refractivity contribution in [1.29, 1.82) is 0 Å². The van der Waals surface area contributed by atoms with Crippen molar-refractivity contribution < 1.29 is 4.79 Å². The molecule has 1 N–H and O–H groups in total. The van der Waals surface area contributed by atoms with Crippen LogP contribution in [0.1, 0.15) is 16.8 Å². The predicted octanol–water partition coefficient (Wildman–Crippen LogP) is 3.72. The molecule has 0 aliphatic rings. The molecule has 2 aromatic carbocycles. The predicted molar refractivity (Wildman–Crippen MR) is 99.8 cm³/mol. The molecular weight excluding hydrogens is 322 g/mol. The zero-order chi connectivity index (χ0) is 17.1. The van der Waals surface area contributed by atoms with Gasteiger partial charge in [0.15, 0.2) is 0 Å². The first-order valence-corrected chi connectivity index (χ1v) is 8.35. The minimum absolute atomic E-state index is 0.113. The van der Waals surface area contributed by atoms with E-state index in [4.69, 9.17) is 11.6 Å². The van der Waals surface area contributed by atoms with E-state index in [0.717, 1.165) is 29.3 Å². The average Bonchev–Trinajstić information content (AvgIpc) is 2.57. The monoisotopic (exact) mass is 341 g/mol. The Morgan fingerprint density at radius 1 is 1.21 bits per heavy atom. The van der Waals surface area contributed by atoms with Crippen LogP contribution >= 0.6 is 11.6 Å². The summed E-state index contributed by atoms with van der Waals surface area (Å²) in [6.07, 6.45) is 0.903. The number of fused-ring (bicyclic) bond motifs is 2. The zero-order valence-corrected chi connectivity index (χ0v) is 14.6. The third-order valence-corrected chi connectivity index (χ3v) is 4.27. The van der Waals surface area contributed by atoms with Gasteiger partial charge in [0.05, 0.1) is 21.6 Å². The Morgan fingerprint density at radius 3 is 2.79 bits per heavy atom. The highest BCUT2D eigenvalue weighted by atomic mass is 35.5. The first-order valence-electron chi connectivity index (χ1n) is 7.97. The molecule has 1 heterocycles. The standard InChI is InChI=1S/C19H20ClN3O/c1-23(2)11-5-10-21-19(24)14-8-9-16(20)15-12-13-6-3-4-7-17(13)22-18(14)15/h3-4,6-9,12H,5,10-11H2,1-2H3,(H,21,24). The molecule has 0 atom stereocenters. The number of nitrogens with zero attached hydrogens (tertiary/aromatic N) is 2. The van der Waals surface area contributed by atoms with Crippen molar-refractivity contribution in [2.45, 2.75) is 6.42 Å². The summed E-state index contributed by atoms with van der Waals surface area (Å²) < 4.78 is 0. The van der Waals surface area contributed by atoms with Gasteiger partial charge in [-0.05, 0) is 51.3 Å². The van der Waals surface area contributed by atoms with E-state index in [9.17, 15) is 4.79 Å². The fourth-order valence-corrected chi connectivity index (χ4v) is 2.91. The maximum atomic E-state index is 12.5. The number of benzene rings is 2. The smallest absolute Gasteiger partial charge is 0.253 e. The highest BCUT2D eigenvalue weighted by Gasteiger charge is 2.14. The number of nitrogens with one attached hydrogen (secondary N) is 1. The molecule has 0 saturated carbocycles. The topological polar surface area (TPSA) is 45.2 Å². The van der Waals surface area contributed by atoms with Crippen LogP contribution in [0.3, 0.4) is 0 Å². The molecule has 1 amide bonds. The van der Waals surface area contributed by atoms with Crippen LogP contribution in [-0.2, 0) is 0 Å². The average molecular weight is 342 g/mol. The van der Waals surface area contributed by atoms with Crippen molar-refractivity contribution in [3.63, 3.8) is 0 Å².